The third-order valence-electron chi connectivity index (χ3n) is 3.14. The zero-order valence-electron chi connectivity index (χ0n) is 12.5. The van der Waals surface area contributed by atoms with Crippen molar-refractivity contribution in [2.24, 2.45) is 0 Å². The van der Waals surface area contributed by atoms with Crippen molar-refractivity contribution in [1.82, 2.24) is 4.90 Å². The number of likely N-dealkylation sites (tertiary alicyclic amines) is 1. The summed E-state index contributed by atoms with van der Waals surface area (Å²) in [7, 11) is 0. The summed E-state index contributed by atoms with van der Waals surface area (Å²) in [5.74, 6) is -2.07. The van der Waals surface area contributed by atoms with Crippen LogP contribution in [0.5, 0.6) is 0 Å². The molecule has 0 aliphatic carbocycles. The quantitative estimate of drug-likeness (QED) is 0.561. The summed E-state index contributed by atoms with van der Waals surface area (Å²) < 4.78 is 36.6. The van der Waals surface area contributed by atoms with Gasteiger partial charge in [-0.1, -0.05) is 48.3 Å². The van der Waals surface area contributed by atoms with Crippen LogP contribution in [0.25, 0.3) is 0 Å². The molecule has 0 unspecified atom stereocenters. The molecule has 1 nitrogen and oxygen atoms in total. The summed E-state index contributed by atoms with van der Waals surface area (Å²) >= 11 is 0. The number of hydrogen-bond donors (Lipinski definition) is 0. The van der Waals surface area contributed by atoms with Crippen molar-refractivity contribution < 1.29 is 45.9 Å². The van der Waals surface area contributed by atoms with Gasteiger partial charge >= 0.3 is 0 Å². The second kappa shape index (κ2) is 13.4. The van der Waals surface area contributed by atoms with Crippen LogP contribution >= 0.6 is 0 Å². The van der Waals surface area contributed by atoms with Crippen molar-refractivity contribution in [1.29, 1.82) is 0 Å². The van der Waals surface area contributed by atoms with Crippen LogP contribution in [-0.4, -0.2) is 30.0 Å². The Balaban J connectivity index is -0.000000134. The molecular weight excluding hydrogens is 376 g/mol. The van der Waals surface area contributed by atoms with Gasteiger partial charge in [-0.3, -0.25) is 4.90 Å². The van der Waals surface area contributed by atoms with Crippen LogP contribution in [0.4, 0.5) is 13.2 Å². The number of nitrogens with zero attached hydrogens (tertiary/aromatic N) is 1. The first-order valence-electron chi connectivity index (χ1n) is 6.58. The van der Waals surface area contributed by atoms with Gasteiger partial charge in [-0.15, -0.1) is 0 Å². The molecule has 1 aliphatic rings. The molecule has 2 rings (SSSR count). The normalized spacial score (nSPS) is 14.8. The molecule has 1 fully saturated rings. The van der Waals surface area contributed by atoms with Crippen LogP contribution in [0.1, 0.15) is 61.5 Å². The molecule has 0 spiro atoms. The van der Waals surface area contributed by atoms with E-state index in [1.54, 1.807) is 4.90 Å². The van der Waals surface area contributed by atoms with Crippen LogP contribution in [-0.2, 0) is 32.7 Å². The van der Waals surface area contributed by atoms with Gasteiger partial charge in [0.25, 0.3) is 5.92 Å². The van der Waals surface area contributed by atoms with Crippen molar-refractivity contribution in [2.75, 3.05) is 13.1 Å². The fourth-order valence-electron chi connectivity index (χ4n) is 1.76. The molecular formula is C18H34F3NY. The molecule has 0 amide bonds. The predicted octanol–water partition coefficient (Wildman–Crippen LogP) is 6.20. The minimum Gasteiger partial charge on any atom is -0.289 e. The number of halogens is 3. The van der Waals surface area contributed by atoms with E-state index in [0.717, 1.165) is 0 Å². The number of rotatable bonds is 2. The Morgan fingerprint density at radius 2 is 1.30 bits per heavy atom. The van der Waals surface area contributed by atoms with Crippen LogP contribution in [0.2, 0.25) is 0 Å². The maximum absolute atomic E-state index is 12.4. The zero-order chi connectivity index (χ0) is 14.6. The summed E-state index contributed by atoms with van der Waals surface area (Å²) in [6.45, 7) is 7.93. The van der Waals surface area contributed by atoms with E-state index in [9.17, 15) is 13.2 Å². The van der Waals surface area contributed by atoms with Crippen molar-refractivity contribution in [3.8, 4) is 0 Å². The number of alkyl halides is 2. The van der Waals surface area contributed by atoms with Crippen molar-refractivity contribution >= 4 is 0 Å². The van der Waals surface area contributed by atoms with Gasteiger partial charge in [-0.2, -0.15) is 0 Å². The van der Waals surface area contributed by atoms with E-state index in [-0.39, 0.29) is 79.9 Å². The molecule has 1 aliphatic heterocycles. The van der Waals surface area contributed by atoms with Gasteiger partial charge in [-0.05, 0) is 37.5 Å². The Hall–Kier alpha value is 0.0739. The van der Waals surface area contributed by atoms with E-state index in [1.807, 2.05) is 26.0 Å². The third-order valence-corrected chi connectivity index (χ3v) is 3.14. The van der Waals surface area contributed by atoms with E-state index in [0.29, 0.717) is 5.92 Å². The Labute approximate surface area is 166 Å². The van der Waals surface area contributed by atoms with Gasteiger partial charge in [0.1, 0.15) is 5.82 Å². The number of hydrogen-bond acceptors (Lipinski definition) is 1. The third kappa shape index (κ3) is 11.3. The first-order chi connectivity index (χ1) is 8.71. The van der Waals surface area contributed by atoms with E-state index in [1.165, 1.54) is 17.7 Å². The topological polar surface area (TPSA) is 3.24 Å². The molecule has 1 saturated heterocycles. The Morgan fingerprint density at radius 3 is 1.52 bits per heavy atom. The summed E-state index contributed by atoms with van der Waals surface area (Å²) in [6, 6.07) is 6.90. The Morgan fingerprint density at radius 1 is 0.913 bits per heavy atom. The van der Waals surface area contributed by atoms with Crippen LogP contribution in [0.3, 0.4) is 0 Å². The zero-order valence-corrected chi connectivity index (χ0v) is 15.4. The van der Waals surface area contributed by atoms with E-state index in [4.69, 9.17) is 0 Å². The second-order valence-electron chi connectivity index (χ2n) is 5.56. The first kappa shape index (κ1) is 30.9. The molecule has 0 N–H and O–H groups in total. The molecule has 1 heterocycles. The van der Waals surface area contributed by atoms with Gasteiger partial charge in [0.2, 0.25) is 0 Å². The first-order valence-corrected chi connectivity index (χ1v) is 6.58. The number of benzene rings is 1. The van der Waals surface area contributed by atoms with Crippen molar-refractivity contribution in [2.45, 2.75) is 67.9 Å². The fourth-order valence-corrected chi connectivity index (χ4v) is 1.76. The molecule has 0 aromatic heterocycles. The molecule has 0 saturated carbocycles. The largest absolute Gasteiger partial charge is 0.289 e. The molecule has 5 heteroatoms. The smallest absolute Gasteiger partial charge is 0.272 e. The van der Waals surface area contributed by atoms with E-state index >= 15 is 0 Å². The molecule has 23 heavy (non-hydrogen) atoms. The minimum absolute atomic E-state index is 0. The molecule has 0 atom stereocenters. The van der Waals surface area contributed by atoms with Gasteiger partial charge in [0.15, 0.2) is 0 Å². The second-order valence-corrected chi connectivity index (χ2v) is 5.56. The van der Waals surface area contributed by atoms with E-state index < -0.39 is 5.92 Å². The molecule has 1 aromatic carbocycles. The van der Waals surface area contributed by atoms with Crippen LogP contribution in [0.15, 0.2) is 24.3 Å². The van der Waals surface area contributed by atoms with Crippen molar-refractivity contribution in [3.63, 3.8) is 0 Å². The average Bonchev–Trinajstić information content (AvgIpc) is 2.27. The summed E-state index contributed by atoms with van der Waals surface area (Å²) in [5, 5.41) is 0. The molecule has 0 bridgehead atoms. The van der Waals surface area contributed by atoms with Gasteiger partial charge in [0, 0.05) is 38.8 Å². The molecule has 1 radical (unpaired) electrons. The maximum Gasteiger partial charge on any atom is 0.272 e. The molecule has 1 aromatic rings. The summed E-state index contributed by atoms with van der Waals surface area (Å²) in [5.41, 5.74) is 1.18. The molecule has 135 valence electrons. The maximum atomic E-state index is 12.4. The van der Waals surface area contributed by atoms with E-state index in [2.05, 4.69) is 13.8 Å². The van der Waals surface area contributed by atoms with Gasteiger partial charge in [0.05, 0.1) is 13.1 Å². The van der Waals surface area contributed by atoms with Crippen LogP contribution in [0, 0.1) is 5.82 Å². The SMILES string of the molecule is C.C.C.CC(C)N1CC(F)(F)C1.CC(C)c1ccc(F)cc1.[Y]. The summed E-state index contributed by atoms with van der Waals surface area (Å²) in [4.78, 5) is 1.75. The summed E-state index contributed by atoms with van der Waals surface area (Å²) in [6.07, 6.45) is 0. The average molecular weight is 410 g/mol. The van der Waals surface area contributed by atoms with Gasteiger partial charge in [-0.25, -0.2) is 13.2 Å². The van der Waals surface area contributed by atoms with Gasteiger partial charge < -0.3 is 0 Å². The Kier molecular flexibility index (Phi) is 18.0. The van der Waals surface area contributed by atoms with Crippen LogP contribution < -0.4 is 0 Å². The monoisotopic (exact) mass is 410 g/mol. The standard InChI is InChI=1S/C9H11F.C6H11F2N.3CH4.Y/c1-7(2)8-3-5-9(10)6-4-8;1-5(2)9-3-6(7,8)4-9;;;;/h3-7H,1-2H3;5H,3-4H2,1-2H3;3*1H4;. The predicted molar refractivity (Wildman–Crippen MR) is 92.3 cm³/mol. The Bertz CT molecular complexity index is 384. The fraction of sp³-hybridized carbons (Fsp3) is 0.667. The minimum atomic E-state index is -2.40. The van der Waals surface area contributed by atoms with Crippen molar-refractivity contribution in [3.05, 3.63) is 35.6 Å².